The molecule has 4 amide bonds. The monoisotopic (exact) mass is 301 g/mol. The molecule has 0 aromatic carbocycles. The molecule has 1 heterocycles. The summed E-state index contributed by atoms with van der Waals surface area (Å²) >= 11 is 1.62. The Bertz CT molecular complexity index is 387. The van der Waals surface area contributed by atoms with Gasteiger partial charge >= 0.3 is 6.03 Å². The average Bonchev–Trinajstić information content (AvgIpc) is 2.63. The van der Waals surface area contributed by atoms with Crippen molar-refractivity contribution in [3.63, 3.8) is 0 Å². The zero-order chi connectivity index (χ0) is 15.3. The van der Waals surface area contributed by atoms with Gasteiger partial charge in [0.25, 0.3) is 5.91 Å². The SMILES string of the molecule is CSCC[C@@H]1NC(=O)N(CC(=O)N[C@@H](C)C(C)C)C1=O. The van der Waals surface area contributed by atoms with Crippen molar-refractivity contribution in [1.82, 2.24) is 15.5 Å². The average molecular weight is 301 g/mol. The quantitative estimate of drug-likeness (QED) is 0.682. The van der Waals surface area contributed by atoms with Gasteiger partial charge in [-0.2, -0.15) is 11.8 Å². The summed E-state index contributed by atoms with van der Waals surface area (Å²) in [7, 11) is 0. The number of amides is 4. The van der Waals surface area contributed by atoms with Crippen molar-refractivity contribution < 1.29 is 14.4 Å². The lowest BCUT2D eigenvalue weighted by Gasteiger charge is -2.19. The smallest absolute Gasteiger partial charge is 0.325 e. The van der Waals surface area contributed by atoms with E-state index in [1.165, 1.54) is 0 Å². The molecule has 0 spiro atoms. The van der Waals surface area contributed by atoms with Crippen LogP contribution in [-0.2, 0) is 9.59 Å². The molecule has 1 aliphatic rings. The van der Waals surface area contributed by atoms with Gasteiger partial charge in [-0.25, -0.2) is 4.79 Å². The number of urea groups is 1. The third kappa shape index (κ3) is 4.40. The summed E-state index contributed by atoms with van der Waals surface area (Å²) < 4.78 is 0. The number of hydrogen-bond acceptors (Lipinski definition) is 4. The number of carbonyl (C=O) groups excluding carboxylic acids is 3. The Morgan fingerprint density at radius 2 is 2.05 bits per heavy atom. The van der Waals surface area contributed by atoms with Crippen molar-refractivity contribution in [2.45, 2.75) is 39.3 Å². The van der Waals surface area contributed by atoms with Crippen LogP contribution < -0.4 is 10.6 Å². The van der Waals surface area contributed by atoms with E-state index >= 15 is 0 Å². The molecule has 0 aromatic rings. The van der Waals surface area contributed by atoms with Crippen molar-refractivity contribution in [2.75, 3.05) is 18.6 Å². The second kappa shape index (κ2) is 7.52. The first-order chi connectivity index (χ1) is 9.36. The number of carbonyl (C=O) groups is 3. The lowest BCUT2D eigenvalue weighted by molar-refractivity contribution is -0.132. The lowest BCUT2D eigenvalue weighted by Crippen LogP contribution is -2.45. The summed E-state index contributed by atoms with van der Waals surface area (Å²) in [5, 5.41) is 5.40. The Balaban J connectivity index is 2.53. The van der Waals surface area contributed by atoms with Crippen LogP contribution >= 0.6 is 11.8 Å². The lowest BCUT2D eigenvalue weighted by atomic mass is 10.1. The van der Waals surface area contributed by atoms with Crippen LogP contribution in [0.1, 0.15) is 27.2 Å². The fourth-order valence-electron chi connectivity index (χ4n) is 1.77. The first-order valence-corrected chi connectivity index (χ1v) is 8.16. The molecule has 6 nitrogen and oxygen atoms in total. The number of rotatable bonds is 7. The predicted octanol–water partition coefficient (Wildman–Crippen LogP) is 0.821. The van der Waals surface area contributed by atoms with E-state index in [0.29, 0.717) is 12.3 Å². The van der Waals surface area contributed by atoms with Crippen molar-refractivity contribution in [2.24, 2.45) is 5.92 Å². The summed E-state index contributed by atoms with van der Waals surface area (Å²) in [5.41, 5.74) is 0. The normalized spacial score (nSPS) is 20.2. The molecule has 1 aliphatic heterocycles. The zero-order valence-corrected chi connectivity index (χ0v) is 13.3. The third-order valence-electron chi connectivity index (χ3n) is 3.41. The Hall–Kier alpha value is -1.24. The van der Waals surface area contributed by atoms with Crippen LogP contribution in [0.2, 0.25) is 0 Å². The van der Waals surface area contributed by atoms with E-state index in [4.69, 9.17) is 0 Å². The maximum absolute atomic E-state index is 12.0. The maximum Gasteiger partial charge on any atom is 0.325 e. The molecular weight excluding hydrogens is 278 g/mol. The van der Waals surface area contributed by atoms with Crippen LogP contribution in [0.15, 0.2) is 0 Å². The first-order valence-electron chi connectivity index (χ1n) is 6.77. The topological polar surface area (TPSA) is 78.5 Å². The van der Waals surface area contributed by atoms with E-state index in [0.717, 1.165) is 10.7 Å². The van der Waals surface area contributed by atoms with E-state index in [2.05, 4.69) is 10.6 Å². The van der Waals surface area contributed by atoms with E-state index in [-0.39, 0.29) is 24.4 Å². The standard InChI is InChI=1S/C13H23N3O3S/c1-8(2)9(3)14-11(17)7-16-12(18)10(5-6-20-4)15-13(16)19/h8-10H,5-7H2,1-4H3,(H,14,17)(H,15,19)/t9-,10-/m0/s1. The molecule has 0 bridgehead atoms. The predicted molar refractivity (Wildman–Crippen MR) is 79.5 cm³/mol. The van der Waals surface area contributed by atoms with Crippen LogP contribution in [0.3, 0.4) is 0 Å². The van der Waals surface area contributed by atoms with Gasteiger partial charge in [-0.3, -0.25) is 14.5 Å². The molecule has 7 heteroatoms. The first kappa shape index (κ1) is 16.8. The highest BCUT2D eigenvalue weighted by Crippen LogP contribution is 2.11. The molecule has 1 saturated heterocycles. The molecule has 0 aromatic heterocycles. The van der Waals surface area contributed by atoms with Gasteiger partial charge in [0, 0.05) is 6.04 Å². The van der Waals surface area contributed by atoms with Crippen molar-refractivity contribution >= 4 is 29.6 Å². The summed E-state index contributed by atoms with van der Waals surface area (Å²) in [6.45, 7) is 5.68. The minimum absolute atomic E-state index is 0.00977. The van der Waals surface area contributed by atoms with Crippen LogP contribution in [-0.4, -0.2) is 53.4 Å². The minimum Gasteiger partial charge on any atom is -0.352 e. The van der Waals surface area contributed by atoms with Crippen LogP contribution in [0, 0.1) is 5.92 Å². The van der Waals surface area contributed by atoms with Crippen molar-refractivity contribution in [3.8, 4) is 0 Å². The molecule has 0 unspecified atom stereocenters. The van der Waals surface area contributed by atoms with Gasteiger partial charge in [-0.15, -0.1) is 0 Å². The third-order valence-corrected chi connectivity index (χ3v) is 4.05. The van der Waals surface area contributed by atoms with E-state index in [1.54, 1.807) is 11.8 Å². The molecule has 0 aliphatic carbocycles. The van der Waals surface area contributed by atoms with E-state index in [1.807, 2.05) is 27.0 Å². The maximum atomic E-state index is 12.0. The Labute approximate surface area is 124 Å². The van der Waals surface area contributed by atoms with Gasteiger partial charge in [0.2, 0.25) is 5.91 Å². The molecule has 2 N–H and O–H groups in total. The molecule has 1 rings (SSSR count). The van der Waals surface area contributed by atoms with Crippen LogP contribution in [0.4, 0.5) is 4.79 Å². The van der Waals surface area contributed by atoms with Gasteiger partial charge in [0.1, 0.15) is 12.6 Å². The van der Waals surface area contributed by atoms with Crippen LogP contribution in [0.25, 0.3) is 0 Å². The largest absolute Gasteiger partial charge is 0.352 e. The zero-order valence-electron chi connectivity index (χ0n) is 12.4. The number of nitrogens with zero attached hydrogens (tertiary/aromatic N) is 1. The minimum atomic E-state index is -0.495. The summed E-state index contributed by atoms with van der Waals surface area (Å²) in [5.74, 6) is 0.481. The molecule has 0 saturated carbocycles. The number of nitrogens with one attached hydrogen (secondary N) is 2. The van der Waals surface area contributed by atoms with Crippen molar-refractivity contribution in [1.29, 1.82) is 0 Å². The van der Waals surface area contributed by atoms with Gasteiger partial charge in [0.05, 0.1) is 0 Å². The van der Waals surface area contributed by atoms with E-state index < -0.39 is 12.1 Å². The second-order valence-electron chi connectivity index (χ2n) is 5.31. The number of thioether (sulfide) groups is 1. The Kier molecular flexibility index (Phi) is 6.32. The van der Waals surface area contributed by atoms with Gasteiger partial charge in [-0.1, -0.05) is 13.8 Å². The second-order valence-corrected chi connectivity index (χ2v) is 6.29. The number of imide groups is 1. The van der Waals surface area contributed by atoms with E-state index in [9.17, 15) is 14.4 Å². The molecule has 2 atom stereocenters. The number of hydrogen-bond donors (Lipinski definition) is 2. The summed E-state index contributed by atoms with van der Waals surface area (Å²) in [6, 6.07) is -0.964. The molecule has 0 radical (unpaired) electrons. The fourth-order valence-corrected chi connectivity index (χ4v) is 2.24. The van der Waals surface area contributed by atoms with Crippen molar-refractivity contribution in [3.05, 3.63) is 0 Å². The summed E-state index contributed by atoms with van der Waals surface area (Å²) in [4.78, 5) is 36.6. The molecule has 1 fully saturated rings. The Morgan fingerprint density at radius 1 is 1.40 bits per heavy atom. The van der Waals surface area contributed by atoms with Gasteiger partial charge < -0.3 is 10.6 Å². The fraction of sp³-hybridized carbons (Fsp3) is 0.769. The van der Waals surface area contributed by atoms with Gasteiger partial charge in [-0.05, 0) is 31.3 Å². The highest BCUT2D eigenvalue weighted by molar-refractivity contribution is 7.98. The molecule has 114 valence electrons. The summed E-state index contributed by atoms with van der Waals surface area (Å²) in [6.07, 6.45) is 2.53. The Morgan fingerprint density at radius 3 is 2.60 bits per heavy atom. The highest BCUT2D eigenvalue weighted by atomic mass is 32.2. The molecule has 20 heavy (non-hydrogen) atoms. The molecular formula is C13H23N3O3S. The van der Waals surface area contributed by atoms with Gasteiger partial charge in [0.15, 0.2) is 0 Å². The van der Waals surface area contributed by atoms with Crippen LogP contribution in [0.5, 0.6) is 0 Å². The highest BCUT2D eigenvalue weighted by Gasteiger charge is 2.38.